The molecule has 0 fully saturated rings. The van der Waals surface area contributed by atoms with Gasteiger partial charge in [0.1, 0.15) is 5.75 Å². The zero-order valence-corrected chi connectivity index (χ0v) is 16.5. The molecule has 1 heterocycles. The number of anilines is 1. The van der Waals surface area contributed by atoms with E-state index in [1.165, 1.54) is 36.1 Å². The van der Waals surface area contributed by atoms with Crippen LogP contribution in [0, 0.1) is 0 Å². The van der Waals surface area contributed by atoms with Gasteiger partial charge in [-0.25, -0.2) is 0 Å². The van der Waals surface area contributed by atoms with Gasteiger partial charge in [-0.1, -0.05) is 27.2 Å². The molecule has 1 atom stereocenters. The highest BCUT2D eigenvalue weighted by molar-refractivity contribution is 5.64. The smallest absolute Gasteiger partial charge is 0.125 e. The lowest BCUT2D eigenvalue weighted by Gasteiger charge is -2.48. The molecule has 0 unspecified atom stereocenters. The van der Waals surface area contributed by atoms with Crippen LogP contribution >= 0.6 is 0 Å². The van der Waals surface area contributed by atoms with Crippen molar-refractivity contribution in [1.82, 2.24) is 5.32 Å². The van der Waals surface area contributed by atoms with Gasteiger partial charge in [0.2, 0.25) is 0 Å². The second-order valence-corrected chi connectivity index (χ2v) is 7.82. The molecule has 0 amide bonds. The molecule has 0 radical (unpaired) electrons. The summed E-state index contributed by atoms with van der Waals surface area (Å²) in [5.41, 5.74) is 4.35. The van der Waals surface area contributed by atoms with Crippen molar-refractivity contribution in [3.05, 3.63) is 23.3 Å². The van der Waals surface area contributed by atoms with Crippen molar-refractivity contribution in [3.63, 3.8) is 0 Å². The second-order valence-electron chi connectivity index (χ2n) is 7.82. The summed E-state index contributed by atoms with van der Waals surface area (Å²) in [4.78, 5) is 2.61. The Labute approximate surface area is 148 Å². The molecular formula is C21H36N2O. The van der Waals surface area contributed by atoms with Gasteiger partial charge in [-0.05, 0) is 57.2 Å². The van der Waals surface area contributed by atoms with Crippen LogP contribution < -0.4 is 15.0 Å². The number of nitrogens with zero attached hydrogens (tertiary/aromatic N) is 1. The first kappa shape index (κ1) is 19.1. The quantitative estimate of drug-likeness (QED) is 0.671. The molecular weight excluding hydrogens is 296 g/mol. The first-order chi connectivity index (χ1) is 11.4. The van der Waals surface area contributed by atoms with Gasteiger partial charge in [-0.2, -0.15) is 0 Å². The molecule has 0 aliphatic carbocycles. The fraction of sp³-hybridized carbons (Fsp3) is 0.714. The Morgan fingerprint density at radius 1 is 1.25 bits per heavy atom. The van der Waals surface area contributed by atoms with Gasteiger partial charge in [0.05, 0.1) is 7.11 Å². The summed E-state index contributed by atoms with van der Waals surface area (Å²) in [5.74, 6) is 1.60. The molecule has 0 saturated heterocycles. The van der Waals surface area contributed by atoms with E-state index >= 15 is 0 Å². The van der Waals surface area contributed by atoms with Gasteiger partial charge in [-0.15, -0.1) is 0 Å². The second kappa shape index (κ2) is 8.24. The van der Waals surface area contributed by atoms with Crippen LogP contribution in [0.3, 0.4) is 0 Å². The van der Waals surface area contributed by atoms with E-state index in [0.29, 0.717) is 5.92 Å². The van der Waals surface area contributed by atoms with Gasteiger partial charge < -0.3 is 15.0 Å². The van der Waals surface area contributed by atoms with Gasteiger partial charge in [0.15, 0.2) is 0 Å². The van der Waals surface area contributed by atoms with E-state index in [9.17, 15) is 0 Å². The van der Waals surface area contributed by atoms with Crippen molar-refractivity contribution < 1.29 is 4.74 Å². The van der Waals surface area contributed by atoms with E-state index in [2.05, 4.69) is 57.0 Å². The van der Waals surface area contributed by atoms with Gasteiger partial charge in [-0.3, -0.25) is 0 Å². The summed E-state index contributed by atoms with van der Waals surface area (Å²) in [7, 11) is 1.79. The molecule has 3 nitrogen and oxygen atoms in total. The predicted molar refractivity (Wildman–Crippen MR) is 104 cm³/mol. The highest BCUT2D eigenvalue weighted by atomic mass is 16.5. The molecule has 1 aromatic rings. The van der Waals surface area contributed by atoms with Gasteiger partial charge in [0, 0.05) is 35.9 Å². The number of unbranched alkanes of at least 4 members (excludes halogenated alkanes) is 1. The highest BCUT2D eigenvalue weighted by Crippen LogP contribution is 2.45. The lowest BCUT2D eigenvalue weighted by molar-refractivity contribution is 0.369. The molecule has 1 aliphatic rings. The standard InChI is InChI=1S/C21H36N2O/c1-7-9-11-23-19-13-20(24-6)17(15-22-10-8-2)12-18(19)16(3)14-21(23,4)5/h12-13,16,22H,7-11,14-15H2,1-6H3/t16-/m0/s1. The lowest BCUT2D eigenvalue weighted by Crippen LogP contribution is -2.48. The number of methoxy groups -OCH3 is 1. The largest absolute Gasteiger partial charge is 0.496 e. The van der Waals surface area contributed by atoms with Gasteiger partial charge in [0.25, 0.3) is 0 Å². The zero-order chi connectivity index (χ0) is 17.7. The fourth-order valence-electron chi connectivity index (χ4n) is 4.02. The Hall–Kier alpha value is -1.22. The topological polar surface area (TPSA) is 24.5 Å². The molecule has 0 saturated carbocycles. The van der Waals surface area contributed by atoms with Crippen LogP contribution in [-0.2, 0) is 6.54 Å². The summed E-state index contributed by atoms with van der Waals surface area (Å²) in [6.07, 6.45) is 4.83. The maximum atomic E-state index is 5.73. The van der Waals surface area contributed by atoms with E-state index in [4.69, 9.17) is 4.74 Å². The minimum Gasteiger partial charge on any atom is -0.496 e. The summed E-state index contributed by atoms with van der Waals surface area (Å²) >= 11 is 0. The summed E-state index contributed by atoms with van der Waals surface area (Å²) in [6, 6.07) is 4.67. The third-order valence-corrected chi connectivity index (χ3v) is 5.27. The summed E-state index contributed by atoms with van der Waals surface area (Å²) in [5, 5.41) is 3.52. The number of hydrogen-bond acceptors (Lipinski definition) is 3. The van der Waals surface area contributed by atoms with Crippen LogP contribution in [-0.4, -0.2) is 25.7 Å². The van der Waals surface area contributed by atoms with E-state index < -0.39 is 0 Å². The van der Waals surface area contributed by atoms with Crippen LogP contribution in [0.5, 0.6) is 5.75 Å². The maximum absolute atomic E-state index is 5.73. The molecule has 0 aromatic heterocycles. The van der Waals surface area contributed by atoms with Crippen molar-refractivity contribution in [1.29, 1.82) is 0 Å². The van der Waals surface area contributed by atoms with E-state index in [1.54, 1.807) is 7.11 Å². The summed E-state index contributed by atoms with van der Waals surface area (Å²) in [6.45, 7) is 14.7. The molecule has 1 aromatic carbocycles. The fourth-order valence-corrected chi connectivity index (χ4v) is 4.02. The number of benzene rings is 1. The summed E-state index contributed by atoms with van der Waals surface area (Å²) < 4.78 is 5.73. The molecule has 1 aliphatic heterocycles. The number of rotatable bonds is 8. The maximum Gasteiger partial charge on any atom is 0.125 e. The van der Waals surface area contributed by atoms with E-state index in [-0.39, 0.29) is 5.54 Å². The molecule has 136 valence electrons. The molecule has 0 spiro atoms. The predicted octanol–water partition coefficient (Wildman–Crippen LogP) is 5.09. The highest BCUT2D eigenvalue weighted by Gasteiger charge is 2.36. The first-order valence-corrected chi connectivity index (χ1v) is 9.63. The van der Waals surface area contributed by atoms with Crippen molar-refractivity contribution in [2.45, 2.75) is 78.3 Å². The average molecular weight is 333 g/mol. The van der Waals surface area contributed by atoms with E-state index in [0.717, 1.165) is 31.8 Å². The zero-order valence-electron chi connectivity index (χ0n) is 16.5. The number of nitrogens with one attached hydrogen (secondary N) is 1. The van der Waals surface area contributed by atoms with Crippen LogP contribution in [0.1, 0.15) is 77.3 Å². The normalized spacial score (nSPS) is 19.2. The molecule has 2 rings (SSSR count). The minimum absolute atomic E-state index is 0.203. The van der Waals surface area contributed by atoms with Crippen molar-refractivity contribution >= 4 is 5.69 Å². The van der Waals surface area contributed by atoms with Crippen LogP contribution in [0.2, 0.25) is 0 Å². The molecule has 0 bridgehead atoms. The number of ether oxygens (including phenoxy) is 1. The molecule has 3 heteroatoms. The van der Waals surface area contributed by atoms with Gasteiger partial charge >= 0.3 is 0 Å². The van der Waals surface area contributed by atoms with Crippen molar-refractivity contribution in [2.75, 3.05) is 25.1 Å². The van der Waals surface area contributed by atoms with Crippen LogP contribution in [0.4, 0.5) is 5.69 Å². The molecule has 24 heavy (non-hydrogen) atoms. The Kier molecular flexibility index (Phi) is 6.56. The van der Waals surface area contributed by atoms with Crippen LogP contribution in [0.15, 0.2) is 12.1 Å². The van der Waals surface area contributed by atoms with Crippen molar-refractivity contribution in [3.8, 4) is 5.75 Å². The molecule has 1 N–H and O–H groups in total. The number of hydrogen-bond donors (Lipinski definition) is 1. The Bertz CT molecular complexity index is 539. The van der Waals surface area contributed by atoms with Crippen LogP contribution in [0.25, 0.3) is 0 Å². The Morgan fingerprint density at radius 2 is 2.00 bits per heavy atom. The first-order valence-electron chi connectivity index (χ1n) is 9.63. The van der Waals surface area contributed by atoms with E-state index in [1.807, 2.05) is 0 Å². The third kappa shape index (κ3) is 4.05. The Morgan fingerprint density at radius 3 is 2.62 bits per heavy atom. The SMILES string of the molecule is CCCCN1c2cc(OC)c(CNCCC)cc2[C@@H](C)CC1(C)C. The Balaban J connectivity index is 2.40. The average Bonchev–Trinajstić information content (AvgIpc) is 2.54. The van der Waals surface area contributed by atoms with Crippen molar-refractivity contribution in [2.24, 2.45) is 0 Å². The monoisotopic (exact) mass is 332 g/mol. The lowest BCUT2D eigenvalue weighted by atomic mass is 9.79. The minimum atomic E-state index is 0.203. The third-order valence-electron chi connectivity index (χ3n) is 5.27. The number of fused-ring (bicyclic) bond motifs is 1.